The van der Waals surface area contributed by atoms with Crippen LogP contribution in [-0.4, -0.2) is 28.0 Å². The van der Waals surface area contributed by atoms with Crippen molar-refractivity contribution in [2.45, 2.75) is 51.2 Å². The number of aromatic nitrogens is 1. The lowest BCUT2D eigenvalue weighted by molar-refractivity contribution is -0.137. The lowest BCUT2D eigenvalue weighted by Gasteiger charge is -2.13. The number of Topliss-reactive ketones (excluding diaryl/α,β-unsaturated/α-hetero) is 1. The van der Waals surface area contributed by atoms with Gasteiger partial charge in [-0.05, 0) is 36.5 Å². The number of halogens is 3. The van der Waals surface area contributed by atoms with Crippen molar-refractivity contribution in [1.29, 1.82) is 0 Å². The van der Waals surface area contributed by atoms with E-state index in [1.54, 1.807) is 17.5 Å². The predicted molar refractivity (Wildman–Crippen MR) is 125 cm³/mol. The second-order valence-corrected chi connectivity index (χ2v) is 8.88. The SMILES string of the molecule is O=C(O)Cc1csc(CC(=O)c2ccc(CNc3ccccc3CCCCC(F)(F)F)cc2)n1. The number of nitrogens with one attached hydrogen (secondary N) is 1. The first kappa shape index (κ1) is 25.4. The number of benzene rings is 2. The number of alkyl halides is 3. The molecule has 0 unspecified atom stereocenters. The van der Waals surface area contributed by atoms with Gasteiger partial charge in [0.2, 0.25) is 0 Å². The number of aliphatic carboxylic acids is 1. The zero-order valence-corrected chi connectivity index (χ0v) is 19.2. The number of thiazole rings is 1. The molecule has 5 nitrogen and oxygen atoms in total. The molecular formula is C25H25F3N2O3S. The highest BCUT2D eigenvalue weighted by atomic mass is 32.1. The Morgan fingerprint density at radius 2 is 1.74 bits per heavy atom. The van der Waals surface area contributed by atoms with Crippen LogP contribution >= 0.6 is 11.3 Å². The minimum atomic E-state index is -4.12. The standard InChI is InChI=1S/C25H25F3N2O3S/c26-25(27,28)12-4-3-6-18-5-1-2-7-21(18)29-15-17-8-10-19(11-9-17)22(31)14-23-30-20(16-34-23)13-24(32)33/h1-2,5,7-11,16,29H,3-4,6,12-15H2,(H,32,33). The molecule has 180 valence electrons. The van der Waals surface area contributed by atoms with E-state index >= 15 is 0 Å². The minimum Gasteiger partial charge on any atom is -0.481 e. The summed E-state index contributed by atoms with van der Waals surface area (Å²) in [6.07, 6.45) is -3.79. The quantitative estimate of drug-likeness (QED) is 0.238. The Balaban J connectivity index is 1.52. The van der Waals surface area contributed by atoms with Gasteiger partial charge in [0, 0.05) is 29.6 Å². The largest absolute Gasteiger partial charge is 0.481 e. The second kappa shape index (κ2) is 11.8. The van der Waals surface area contributed by atoms with Crippen LogP contribution in [0.1, 0.15) is 51.4 Å². The number of carbonyl (C=O) groups excluding carboxylic acids is 1. The minimum absolute atomic E-state index is 0.0973. The van der Waals surface area contributed by atoms with Crippen molar-refractivity contribution in [2.24, 2.45) is 0 Å². The van der Waals surface area contributed by atoms with Crippen molar-refractivity contribution < 1.29 is 27.9 Å². The summed E-state index contributed by atoms with van der Waals surface area (Å²) in [7, 11) is 0. The molecule has 1 aromatic heterocycles. The molecule has 0 atom stereocenters. The van der Waals surface area contributed by atoms with E-state index in [2.05, 4.69) is 10.3 Å². The van der Waals surface area contributed by atoms with E-state index in [9.17, 15) is 22.8 Å². The zero-order chi connectivity index (χ0) is 24.6. The first-order chi connectivity index (χ1) is 16.2. The topological polar surface area (TPSA) is 79.3 Å². The predicted octanol–water partition coefficient (Wildman–Crippen LogP) is 6.08. The van der Waals surface area contributed by atoms with Crippen LogP contribution in [0.15, 0.2) is 53.9 Å². The van der Waals surface area contributed by atoms with Gasteiger partial charge in [-0.1, -0.05) is 42.5 Å². The fraction of sp³-hybridized carbons (Fsp3) is 0.320. The second-order valence-electron chi connectivity index (χ2n) is 7.93. The normalized spacial score (nSPS) is 11.4. The molecule has 34 heavy (non-hydrogen) atoms. The fourth-order valence-electron chi connectivity index (χ4n) is 3.46. The fourth-order valence-corrected chi connectivity index (χ4v) is 4.26. The number of hydrogen-bond donors (Lipinski definition) is 2. The van der Waals surface area contributed by atoms with E-state index in [1.165, 1.54) is 11.3 Å². The van der Waals surface area contributed by atoms with Crippen LogP contribution in [0, 0.1) is 0 Å². The van der Waals surface area contributed by atoms with Crippen LogP contribution in [0.25, 0.3) is 0 Å². The van der Waals surface area contributed by atoms with Gasteiger partial charge in [0.05, 0.1) is 18.5 Å². The van der Waals surface area contributed by atoms with Crippen LogP contribution < -0.4 is 5.32 Å². The number of nitrogens with zero attached hydrogens (tertiary/aromatic N) is 1. The number of anilines is 1. The Hall–Kier alpha value is -3.20. The molecule has 3 aromatic rings. The van der Waals surface area contributed by atoms with Crippen molar-refractivity contribution in [3.05, 3.63) is 81.3 Å². The number of unbranched alkanes of at least 4 members (excludes halogenated alkanes) is 1. The molecule has 0 aliphatic heterocycles. The summed E-state index contributed by atoms with van der Waals surface area (Å²) in [4.78, 5) is 27.5. The van der Waals surface area contributed by atoms with Gasteiger partial charge >= 0.3 is 12.1 Å². The maximum atomic E-state index is 12.5. The smallest absolute Gasteiger partial charge is 0.389 e. The Morgan fingerprint density at radius 1 is 1.00 bits per heavy atom. The van der Waals surface area contributed by atoms with Gasteiger partial charge in [0.25, 0.3) is 0 Å². The molecule has 2 N–H and O–H groups in total. The Morgan fingerprint density at radius 3 is 2.44 bits per heavy atom. The molecule has 1 heterocycles. The van der Waals surface area contributed by atoms with E-state index < -0.39 is 18.6 Å². The van der Waals surface area contributed by atoms with Gasteiger partial charge < -0.3 is 10.4 Å². The first-order valence-electron chi connectivity index (χ1n) is 10.9. The Bertz CT molecular complexity index is 1110. The molecular weight excluding hydrogens is 465 g/mol. The van der Waals surface area contributed by atoms with Crippen LogP contribution in [0.4, 0.5) is 18.9 Å². The van der Waals surface area contributed by atoms with E-state index in [0.717, 1.165) is 16.8 Å². The number of carboxylic acid groups (broad SMARTS) is 1. The average molecular weight is 491 g/mol. The summed E-state index contributed by atoms with van der Waals surface area (Å²) < 4.78 is 37.0. The summed E-state index contributed by atoms with van der Waals surface area (Å²) in [5.41, 5.74) is 3.81. The Labute approximate surface area is 199 Å². The van der Waals surface area contributed by atoms with Gasteiger partial charge in [0.15, 0.2) is 5.78 Å². The molecule has 0 aliphatic rings. The summed E-state index contributed by atoms with van der Waals surface area (Å²) in [5.74, 6) is -1.06. The monoisotopic (exact) mass is 490 g/mol. The molecule has 3 rings (SSSR count). The van der Waals surface area contributed by atoms with E-state index in [0.29, 0.717) is 35.7 Å². The molecule has 9 heteroatoms. The van der Waals surface area contributed by atoms with E-state index in [-0.39, 0.29) is 25.0 Å². The molecule has 0 bridgehead atoms. The van der Waals surface area contributed by atoms with Crippen LogP contribution in [0.2, 0.25) is 0 Å². The number of carboxylic acids is 1. The third kappa shape index (κ3) is 8.30. The highest BCUT2D eigenvalue weighted by Gasteiger charge is 2.25. The Kier molecular flexibility index (Phi) is 8.81. The van der Waals surface area contributed by atoms with Gasteiger partial charge in [-0.3, -0.25) is 9.59 Å². The maximum Gasteiger partial charge on any atom is 0.389 e. The van der Waals surface area contributed by atoms with Gasteiger partial charge in [0.1, 0.15) is 5.01 Å². The molecule has 0 radical (unpaired) electrons. The third-order valence-electron chi connectivity index (χ3n) is 5.18. The molecule has 0 amide bonds. The van der Waals surface area contributed by atoms with Crippen molar-refractivity contribution in [1.82, 2.24) is 4.98 Å². The number of ketones is 1. The molecule has 0 fully saturated rings. The molecule has 2 aromatic carbocycles. The van der Waals surface area contributed by atoms with Gasteiger partial charge in [-0.2, -0.15) is 13.2 Å². The van der Waals surface area contributed by atoms with Crippen LogP contribution in [0.3, 0.4) is 0 Å². The number of hydrogen-bond acceptors (Lipinski definition) is 5. The van der Waals surface area contributed by atoms with Gasteiger partial charge in [-0.15, -0.1) is 11.3 Å². The molecule has 0 spiro atoms. The molecule has 0 saturated heterocycles. The maximum absolute atomic E-state index is 12.5. The van der Waals surface area contributed by atoms with Crippen LogP contribution in [-0.2, 0) is 30.6 Å². The highest BCUT2D eigenvalue weighted by Crippen LogP contribution is 2.24. The highest BCUT2D eigenvalue weighted by molar-refractivity contribution is 7.09. The number of para-hydroxylation sites is 1. The van der Waals surface area contributed by atoms with Crippen molar-refractivity contribution in [3.63, 3.8) is 0 Å². The summed E-state index contributed by atoms with van der Waals surface area (Å²) in [6.45, 7) is 0.513. The summed E-state index contributed by atoms with van der Waals surface area (Å²) in [6, 6.07) is 14.8. The lowest BCUT2D eigenvalue weighted by atomic mass is 10.0. The van der Waals surface area contributed by atoms with Crippen molar-refractivity contribution >= 4 is 28.8 Å². The zero-order valence-electron chi connectivity index (χ0n) is 18.4. The third-order valence-corrected chi connectivity index (χ3v) is 6.07. The number of aryl methyl sites for hydroxylation is 1. The average Bonchev–Trinajstić information content (AvgIpc) is 3.21. The molecule has 0 aliphatic carbocycles. The molecule has 0 saturated carbocycles. The van der Waals surface area contributed by atoms with E-state index in [1.807, 2.05) is 36.4 Å². The van der Waals surface area contributed by atoms with Gasteiger partial charge in [-0.25, -0.2) is 4.98 Å². The number of rotatable bonds is 12. The van der Waals surface area contributed by atoms with Crippen LogP contribution in [0.5, 0.6) is 0 Å². The van der Waals surface area contributed by atoms with Crippen molar-refractivity contribution in [2.75, 3.05) is 5.32 Å². The lowest BCUT2D eigenvalue weighted by Crippen LogP contribution is -2.07. The van der Waals surface area contributed by atoms with E-state index in [4.69, 9.17) is 5.11 Å². The number of carbonyl (C=O) groups is 2. The van der Waals surface area contributed by atoms with Crippen molar-refractivity contribution in [3.8, 4) is 0 Å². The summed E-state index contributed by atoms with van der Waals surface area (Å²) >= 11 is 1.27. The summed E-state index contributed by atoms with van der Waals surface area (Å²) in [5, 5.41) is 14.4. The first-order valence-corrected chi connectivity index (χ1v) is 11.7.